The Labute approximate surface area is 174 Å². The molecule has 1 aromatic heterocycles. The Bertz CT molecular complexity index is 1290. The molecule has 4 rings (SSSR count). The molecule has 0 spiro atoms. The van der Waals surface area contributed by atoms with Gasteiger partial charge in [-0.2, -0.15) is 0 Å². The lowest BCUT2D eigenvalue weighted by molar-refractivity contribution is 0.356. The van der Waals surface area contributed by atoms with Crippen LogP contribution in [0.25, 0.3) is 10.9 Å². The largest absolute Gasteiger partial charge is 0.493 e. The number of rotatable bonds is 6. The number of fused-ring (bicyclic) bond motifs is 1. The van der Waals surface area contributed by atoms with Crippen molar-refractivity contribution in [1.29, 1.82) is 0 Å². The Balaban J connectivity index is 1.66. The lowest BCUT2D eigenvalue weighted by Crippen LogP contribution is -2.02. The number of nitrogens with zero attached hydrogens (tertiary/aromatic N) is 2. The van der Waals surface area contributed by atoms with E-state index < -0.39 is 9.84 Å². The van der Waals surface area contributed by atoms with Crippen LogP contribution in [0.15, 0.2) is 82.8 Å². The standard InChI is InChI=1S/C22H19N3O4S/c1-28-20-12-18-19(13-21(20)29-2)23-14-24-22(18)25-15-8-10-17(11-9-15)30(26,27)16-6-4-3-5-7-16/h3-14H,1-2H3,(H,23,24,25). The molecule has 0 aliphatic rings. The highest BCUT2D eigenvalue weighted by molar-refractivity contribution is 7.91. The van der Waals surface area contributed by atoms with Crippen LogP contribution in [0.4, 0.5) is 11.5 Å². The topological polar surface area (TPSA) is 90.4 Å². The van der Waals surface area contributed by atoms with Crippen molar-refractivity contribution in [3.63, 3.8) is 0 Å². The summed E-state index contributed by atoms with van der Waals surface area (Å²) < 4.78 is 36.2. The Morgan fingerprint density at radius 2 is 1.43 bits per heavy atom. The molecule has 0 atom stereocenters. The Hall–Kier alpha value is -3.65. The molecule has 7 nitrogen and oxygen atoms in total. The number of nitrogens with one attached hydrogen (secondary N) is 1. The number of benzene rings is 3. The summed E-state index contributed by atoms with van der Waals surface area (Å²) in [7, 11) is -0.437. The minimum Gasteiger partial charge on any atom is -0.493 e. The molecule has 0 aliphatic carbocycles. The first-order valence-corrected chi connectivity index (χ1v) is 10.5. The maximum atomic E-state index is 12.7. The third kappa shape index (κ3) is 3.65. The van der Waals surface area contributed by atoms with Gasteiger partial charge in [0.25, 0.3) is 0 Å². The van der Waals surface area contributed by atoms with E-state index in [4.69, 9.17) is 9.47 Å². The Kier molecular flexibility index (Phi) is 5.24. The van der Waals surface area contributed by atoms with Crippen LogP contribution < -0.4 is 14.8 Å². The molecule has 0 saturated carbocycles. The van der Waals surface area contributed by atoms with Gasteiger partial charge in [-0.25, -0.2) is 18.4 Å². The smallest absolute Gasteiger partial charge is 0.206 e. The highest BCUT2D eigenvalue weighted by Gasteiger charge is 2.17. The molecule has 8 heteroatoms. The van der Waals surface area contributed by atoms with E-state index in [9.17, 15) is 8.42 Å². The minimum atomic E-state index is -3.56. The van der Waals surface area contributed by atoms with Gasteiger partial charge in [-0.1, -0.05) is 18.2 Å². The zero-order chi connectivity index (χ0) is 21.1. The fourth-order valence-corrected chi connectivity index (χ4v) is 4.35. The van der Waals surface area contributed by atoms with Gasteiger partial charge in [0.15, 0.2) is 11.5 Å². The highest BCUT2D eigenvalue weighted by Crippen LogP contribution is 2.34. The van der Waals surface area contributed by atoms with Gasteiger partial charge in [0.1, 0.15) is 12.1 Å². The van der Waals surface area contributed by atoms with Crippen LogP contribution in [-0.2, 0) is 9.84 Å². The minimum absolute atomic E-state index is 0.221. The van der Waals surface area contributed by atoms with E-state index in [1.165, 1.54) is 6.33 Å². The average molecular weight is 421 g/mol. The zero-order valence-corrected chi connectivity index (χ0v) is 17.2. The van der Waals surface area contributed by atoms with Gasteiger partial charge in [0.2, 0.25) is 9.84 Å². The molecule has 0 bridgehead atoms. The predicted octanol–water partition coefficient (Wildman–Crippen LogP) is 4.22. The molecule has 1 heterocycles. The maximum absolute atomic E-state index is 12.7. The quantitative estimate of drug-likeness (QED) is 0.498. The van der Waals surface area contributed by atoms with Gasteiger partial charge in [0.05, 0.1) is 29.5 Å². The third-order valence-electron chi connectivity index (χ3n) is 4.62. The fraction of sp³-hybridized carbons (Fsp3) is 0.0909. The first-order chi connectivity index (χ1) is 14.5. The second-order valence-electron chi connectivity index (χ2n) is 6.41. The zero-order valence-electron chi connectivity index (χ0n) is 16.4. The van der Waals surface area contributed by atoms with Crippen molar-refractivity contribution >= 4 is 32.2 Å². The molecule has 0 unspecified atom stereocenters. The summed E-state index contributed by atoms with van der Waals surface area (Å²) in [5.74, 6) is 1.71. The molecular formula is C22H19N3O4S. The number of hydrogen-bond donors (Lipinski definition) is 1. The van der Waals surface area contributed by atoms with Crippen molar-refractivity contribution in [1.82, 2.24) is 9.97 Å². The van der Waals surface area contributed by atoms with Gasteiger partial charge in [-0.15, -0.1) is 0 Å². The van der Waals surface area contributed by atoms with E-state index in [-0.39, 0.29) is 9.79 Å². The number of aromatic nitrogens is 2. The number of hydrogen-bond acceptors (Lipinski definition) is 7. The van der Waals surface area contributed by atoms with Crippen molar-refractivity contribution in [2.24, 2.45) is 0 Å². The molecule has 30 heavy (non-hydrogen) atoms. The van der Waals surface area contributed by atoms with Crippen LogP contribution in [0.2, 0.25) is 0 Å². The summed E-state index contributed by atoms with van der Waals surface area (Å²) in [6.07, 6.45) is 1.45. The number of methoxy groups -OCH3 is 2. The number of sulfone groups is 1. The van der Waals surface area contributed by atoms with E-state index in [0.717, 1.165) is 5.39 Å². The molecule has 0 saturated heterocycles. The molecule has 3 aromatic carbocycles. The van der Waals surface area contributed by atoms with Crippen LogP contribution in [0.5, 0.6) is 11.5 Å². The van der Waals surface area contributed by atoms with Crippen LogP contribution in [0.3, 0.4) is 0 Å². The second-order valence-corrected chi connectivity index (χ2v) is 8.36. The van der Waals surface area contributed by atoms with Crippen LogP contribution in [0.1, 0.15) is 0 Å². The van der Waals surface area contributed by atoms with Crippen molar-refractivity contribution in [3.05, 3.63) is 73.1 Å². The molecule has 152 valence electrons. The van der Waals surface area contributed by atoms with Crippen LogP contribution >= 0.6 is 0 Å². The van der Waals surface area contributed by atoms with Crippen molar-refractivity contribution in [2.45, 2.75) is 9.79 Å². The summed E-state index contributed by atoms with van der Waals surface area (Å²) in [5, 5.41) is 3.96. The van der Waals surface area contributed by atoms with E-state index >= 15 is 0 Å². The molecule has 0 fully saturated rings. The Morgan fingerprint density at radius 3 is 2.10 bits per heavy atom. The van der Waals surface area contributed by atoms with Crippen LogP contribution in [-0.4, -0.2) is 32.6 Å². The summed E-state index contributed by atoms with van der Waals surface area (Å²) >= 11 is 0. The SMILES string of the molecule is COc1cc2ncnc(Nc3ccc(S(=O)(=O)c4ccccc4)cc3)c2cc1OC. The lowest BCUT2D eigenvalue weighted by Gasteiger charge is -2.12. The molecular weight excluding hydrogens is 402 g/mol. The summed E-state index contributed by atoms with van der Waals surface area (Å²) in [4.78, 5) is 9.07. The molecule has 1 N–H and O–H groups in total. The van der Waals surface area contributed by atoms with E-state index in [1.54, 1.807) is 80.9 Å². The van der Waals surface area contributed by atoms with Gasteiger partial charge in [-0.3, -0.25) is 0 Å². The van der Waals surface area contributed by atoms with Gasteiger partial charge >= 0.3 is 0 Å². The summed E-state index contributed by atoms with van der Waals surface area (Å²) in [6.45, 7) is 0. The molecule has 4 aromatic rings. The summed E-state index contributed by atoms with van der Waals surface area (Å²) in [6, 6.07) is 18.4. The fourth-order valence-electron chi connectivity index (χ4n) is 3.07. The van der Waals surface area contributed by atoms with E-state index in [0.29, 0.717) is 28.5 Å². The van der Waals surface area contributed by atoms with Crippen molar-refractivity contribution < 1.29 is 17.9 Å². The maximum Gasteiger partial charge on any atom is 0.206 e. The lowest BCUT2D eigenvalue weighted by atomic mass is 10.2. The highest BCUT2D eigenvalue weighted by atomic mass is 32.2. The first-order valence-electron chi connectivity index (χ1n) is 9.07. The van der Waals surface area contributed by atoms with E-state index in [1.807, 2.05) is 0 Å². The Morgan fingerprint density at radius 1 is 0.800 bits per heavy atom. The van der Waals surface area contributed by atoms with Gasteiger partial charge in [0, 0.05) is 17.1 Å². The number of anilines is 2. The van der Waals surface area contributed by atoms with Gasteiger partial charge < -0.3 is 14.8 Å². The molecule has 0 amide bonds. The summed E-state index contributed by atoms with van der Waals surface area (Å²) in [5.41, 5.74) is 1.38. The normalized spacial score (nSPS) is 11.3. The van der Waals surface area contributed by atoms with Gasteiger partial charge in [-0.05, 0) is 42.5 Å². The monoisotopic (exact) mass is 421 g/mol. The second kappa shape index (κ2) is 8.00. The third-order valence-corrected chi connectivity index (χ3v) is 6.41. The van der Waals surface area contributed by atoms with E-state index in [2.05, 4.69) is 15.3 Å². The molecule has 0 radical (unpaired) electrons. The average Bonchev–Trinajstić information content (AvgIpc) is 2.79. The first kappa shape index (κ1) is 19.7. The molecule has 0 aliphatic heterocycles. The van der Waals surface area contributed by atoms with Crippen LogP contribution in [0, 0.1) is 0 Å². The predicted molar refractivity (Wildman–Crippen MR) is 114 cm³/mol. The van der Waals surface area contributed by atoms with Crippen molar-refractivity contribution in [2.75, 3.05) is 19.5 Å². The number of ether oxygens (including phenoxy) is 2. The van der Waals surface area contributed by atoms with Crippen molar-refractivity contribution in [3.8, 4) is 11.5 Å².